The van der Waals surface area contributed by atoms with E-state index in [1.54, 1.807) is 6.07 Å². The Morgan fingerprint density at radius 1 is 1.31 bits per heavy atom. The van der Waals surface area contributed by atoms with Crippen molar-refractivity contribution in [1.82, 2.24) is 30.0 Å². The van der Waals surface area contributed by atoms with E-state index in [1.165, 1.54) is 25.4 Å². The van der Waals surface area contributed by atoms with Crippen LogP contribution in [0.15, 0.2) is 29.3 Å². The van der Waals surface area contributed by atoms with Gasteiger partial charge in [-0.05, 0) is 44.0 Å². The Morgan fingerprint density at radius 3 is 2.97 bits per heavy atom. The molecule has 7 rings (SSSR count). The fraction of sp³-hybridized carbons (Fsp3) is 0.385. The number of nitrogens with zero attached hydrogens (tertiary/aromatic N) is 4. The number of pyridine rings is 1. The molecular weight excluding hydrogens is 536 g/mol. The summed E-state index contributed by atoms with van der Waals surface area (Å²) in [5.41, 5.74) is -1.21. The van der Waals surface area contributed by atoms with Crippen molar-refractivity contribution in [3.05, 3.63) is 46.0 Å². The molecule has 0 aliphatic carbocycles. The maximum absolute atomic E-state index is 14.3. The quantitative estimate of drug-likeness (QED) is 0.288. The second kappa shape index (κ2) is 8.46. The number of aryl methyl sites for hydroxylation is 1. The molecule has 1 aromatic carbocycles. The molecule has 2 aliphatic rings. The summed E-state index contributed by atoms with van der Waals surface area (Å²) in [5, 5.41) is 7.67. The van der Waals surface area contributed by atoms with Gasteiger partial charge in [0.15, 0.2) is 0 Å². The number of ether oxygens (including phenoxy) is 1. The van der Waals surface area contributed by atoms with E-state index in [1.807, 2.05) is 0 Å². The zero-order valence-electron chi connectivity index (χ0n) is 20.7. The van der Waals surface area contributed by atoms with Gasteiger partial charge in [0, 0.05) is 35.5 Å². The number of hydrogen-bond acceptors (Lipinski definition) is 7. The summed E-state index contributed by atoms with van der Waals surface area (Å²) in [6.45, 7) is 2.77. The van der Waals surface area contributed by atoms with Gasteiger partial charge in [0.05, 0.1) is 38.6 Å². The second-order valence-electron chi connectivity index (χ2n) is 10.3. The number of hydrogen-bond donors (Lipinski definition) is 2. The van der Waals surface area contributed by atoms with E-state index in [0.717, 1.165) is 30.7 Å². The number of benzene rings is 1. The van der Waals surface area contributed by atoms with Crippen LogP contribution in [0, 0.1) is 6.92 Å². The largest absolute Gasteiger partial charge is 0.463 e. The molecule has 2 saturated heterocycles. The molecule has 5 aromatic rings. The smallest absolute Gasteiger partial charge is 0.417 e. The van der Waals surface area contributed by atoms with Gasteiger partial charge in [-0.15, -0.1) is 11.3 Å². The summed E-state index contributed by atoms with van der Waals surface area (Å²) in [6, 6.07) is 3.01. The number of aromatic amines is 2. The molecule has 0 saturated carbocycles. The number of aromatic nitrogens is 5. The minimum atomic E-state index is -4.64. The van der Waals surface area contributed by atoms with Crippen molar-refractivity contribution in [2.75, 3.05) is 19.7 Å². The van der Waals surface area contributed by atoms with Crippen LogP contribution in [0.25, 0.3) is 42.5 Å². The lowest BCUT2D eigenvalue weighted by Crippen LogP contribution is -2.43. The molecule has 0 spiro atoms. The number of rotatable bonds is 4. The van der Waals surface area contributed by atoms with Crippen molar-refractivity contribution in [2.24, 2.45) is 0 Å². The highest BCUT2D eigenvalue weighted by atomic mass is 32.1. The van der Waals surface area contributed by atoms with E-state index in [4.69, 9.17) is 4.74 Å². The average molecular weight is 559 g/mol. The van der Waals surface area contributed by atoms with Crippen LogP contribution in [0.1, 0.15) is 30.4 Å². The zero-order valence-corrected chi connectivity index (χ0v) is 21.5. The first-order chi connectivity index (χ1) is 18.6. The van der Waals surface area contributed by atoms with Crippen LogP contribution in [0.5, 0.6) is 6.01 Å². The van der Waals surface area contributed by atoms with Crippen LogP contribution in [-0.2, 0) is 6.18 Å². The molecule has 39 heavy (non-hydrogen) atoms. The van der Waals surface area contributed by atoms with Gasteiger partial charge >= 0.3 is 6.18 Å². The standard InChI is InChI=1S/C26H22F4N6O2S/c1-12-7-16-15(9-32-35-16)17(19(12)26(28,29)30)20-21-14(3-5-31-20)18-22(37)33-24(34-23(18)39-21)38-11-25-4-2-6-36(25)10-13(27)8-25/h3,5,7,9,13H,2,4,6,8,10-11H2,1H3,(H,32,35)(H,33,34,37)/t13-,25+/m1/s1. The van der Waals surface area contributed by atoms with Crippen molar-refractivity contribution in [3.8, 4) is 17.3 Å². The Bertz CT molecular complexity index is 1830. The Balaban J connectivity index is 1.37. The summed E-state index contributed by atoms with van der Waals surface area (Å²) >= 11 is 1.08. The molecule has 2 atom stereocenters. The monoisotopic (exact) mass is 558 g/mol. The van der Waals surface area contributed by atoms with Gasteiger partial charge in [-0.1, -0.05) is 0 Å². The second-order valence-corrected chi connectivity index (χ2v) is 11.3. The van der Waals surface area contributed by atoms with Gasteiger partial charge in [-0.3, -0.25) is 24.8 Å². The highest BCUT2D eigenvalue weighted by molar-refractivity contribution is 7.26. The third-order valence-electron chi connectivity index (χ3n) is 7.94. The van der Waals surface area contributed by atoms with Crippen LogP contribution in [-0.4, -0.2) is 61.5 Å². The van der Waals surface area contributed by atoms with E-state index < -0.39 is 29.0 Å². The minimum absolute atomic E-state index is 0.000796. The van der Waals surface area contributed by atoms with Gasteiger partial charge in [-0.2, -0.15) is 23.3 Å². The molecule has 0 unspecified atom stereocenters. The summed E-state index contributed by atoms with van der Waals surface area (Å²) in [6.07, 6.45) is -0.690. The molecule has 4 aromatic heterocycles. The average Bonchev–Trinajstić information content (AvgIpc) is 3.62. The lowest BCUT2D eigenvalue weighted by atomic mass is 9.94. The van der Waals surface area contributed by atoms with Crippen LogP contribution in [0.3, 0.4) is 0 Å². The van der Waals surface area contributed by atoms with E-state index in [0.29, 0.717) is 33.4 Å². The third kappa shape index (κ3) is 3.73. The molecule has 0 radical (unpaired) electrons. The first-order valence-electron chi connectivity index (χ1n) is 12.5. The number of alkyl halides is 4. The fourth-order valence-corrected chi connectivity index (χ4v) is 7.48. The molecule has 2 N–H and O–H groups in total. The SMILES string of the molecule is Cc1cc2[nH]ncc2c(-c2nccc3c2sc2nc(OC[C@@]45CCCN4C[C@H](F)C5)[nH]c(=O)c23)c1C(F)(F)F. The number of halogens is 4. The highest BCUT2D eigenvalue weighted by Crippen LogP contribution is 2.46. The van der Waals surface area contributed by atoms with E-state index in [-0.39, 0.29) is 40.2 Å². The van der Waals surface area contributed by atoms with E-state index in [2.05, 4.69) is 30.0 Å². The first-order valence-corrected chi connectivity index (χ1v) is 13.3. The van der Waals surface area contributed by atoms with Crippen molar-refractivity contribution in [1.29, 1.82) is 0 Å². The van der Waals surface area contributed by atoms with Crippen molar-refractivity contribution in [3.63, 3.8) is 0 Å². The first kappa shape index (κ1) is 24.5. The van der Waals surface area contributed by atoms with E-state index >= 15 is 0 Å². The molecule has 6 heterocycles. The number of fused-ring (bicyclic) bond motifs is 5. The normalized spacial score (nSPS) is 21.9. The highest BCUT2D eigenvalue weighted by Gasteiger charge is 2.49. The third-order valence-corrected chi connectivity index (χ3v) is 9.05. The summed E-state index contributed by atoms with van der Waals surface area (Å²) in [5.74, 6) is 0. The van der Waals surface area contributed by atoms with E-state index in [9.17, 15) is 22.4 Å². The van der Waals surface area contributed by atoms with Gasteiger partial charge in [-0.25, -0.2) is 4.39 Å². The summed E-state index contributed by atoms with van der Waals surface area (Å²) in [4.78, 5) is 27.1. The molecule has 0 amide bonds. The molecule has 13 heteroatoms. The molecule has 202 valence electrons. The Hall–Kier alpha value is -3.58. The fourth-order valence-electron chi connectivity index (χ4n) is 6.32. The molecular formula is C26H22F4N6O2S. The van der Waals surface area contributed by atoms with Crippen molar-refractivity contribution >= 4 is 42.5 Å². The topological polar surface area (TPSA) is 99.8 Å². The molecule has 0 bridgehead atoms. The lowest BCUT2D eigenvalue weighted by Gasteiger charge is -2.30. The molecule has 8 nitrogen and oxygen atoms in total. The Kier molecular flexibility index (Phi) is 5.30. The predicted molar refractivity (Wildman–Crippen MR) is 139 cm³/mol. The Labute approximate surface area is 222 Å². The van der Waals surface area contributed by atoms with Gasteiger partial charge in [0.1, 0.15) is 17.6 Å². The molecule has 2 aliphatic heterocycles. The summed E-state index contributed by atoms with van der Waals surface area (Å²) < 4.78 is 63.4. The maximum atomic E-state index is 14.3. The van der Waals surface area contributed by atoms with Gasteiger partial charge < -0.3 is 4.74 Å². The van der Waals surface area contributed by atoms with Crippen LogP contribution in [0.2, 0.25) is 0 Å². The van der Waals surface area contributed by atoms with Crippen molar-refractivity contribution < 1.29 is 22.3 Å². The summed E-state index contributed by atoms with van der Waals surface area (Å²) in [7, 11) is 0. The van der Waals surface area contributed by atoms with Crippen LogP contribution >= 0.6 is 11.3 Å². The predicted octanol–water partition coefficient (Wildman–Crippen LogP) is 5.36. The zero-order chi connectivity index (χ0) is 27.1. The lowest BCUT2D eigenvalue weighted by molar-refractivity contribution is -0.137. The van der Waals surface area contributed by atoms with Crippen LogP contribution in [0.4, 0.5) is 17.6 Å². The minimum Gasteiger partial charge on any atom is -0.463 e. The molecule has 2 fully saturated rings. The van der Waals surface area contributed by atoms with Gasteiger partial charge in [0.2, 0.25) is 0 Å². The van der Waals surface area contributed by atoms with Gasteiger partial charge in [0.25, 0.3) is 11.6 Å². The maximum Gasteiger partial charge on any atom is 0.417 e. The Morgan fingerprint density at radius 2 is 2.15 bits per heavy atom. The van der Waals surface area contributed by atoms with Crippen LogP contribution < -0.4 is 10.3 Å². The number of H-pyrrole nitrogens is 2. The number of thiophene rings is 1. The number of nitrogens with one attached hydrogen (secondary N) is 2. The van der Waals surface area contributed by atoms with Crippen molar-refractivity contribution in [2.45, 2.75) is 44.1 Å².